The lowest BCUT2D eigenvalue weighted by Gasteiger charge is -2.23. The van der Waals surface area contributed by atoms with Gasteiger partial charge in [0.15, 0.2) is 0 Å². The molecule has 0 aromatic heterocycles. The highest BCUT2D eigenvalue weighted by Gasteiger charge is 2.23. The van der Waals surface area contributed by atoms with Crippen LogP contribution >= 0.6 is 0 Å². The van der Waals surface area contributed by atoms with Crippen LogP contribution in [0.25, 0.3) is 0 Å². The maximum atomic E-state index is 12.6. The van der Waals surface area contributed by atoms with Crippen LogP contribution in [-0.2, 0) is 10.0 Å². The second-order valence-corrected chi connectivity index (χ2v) is 6.09. The average Bonchev–Trinajstić information content (AvgIpc) is 2.46. The zero-order chi connectivity index (χ0) is 13.7. The third-order valence-electron chi connectivity index (χ3n) is 2.80. The molecule has 3 nitrogen and oxygen atoms in total. The lowest BCUT2D eigenvalue weighted by molar-refractivity contribution is 0.590. The minimum atomic E-state index is -3.48. The fourth-order valence-corrected chi connectivity index (χ4v) is 3.48. The van der Waals surface area contributed by atoms with Gasteiger partial charge in [0.1, 0.15) is 0 Å². The predicted octanol–water partition coefficient (Wildman–Crippen LogP) is 3.29. The number of hydrogen-bond donors (Lipinski definition) is 0. The van der Waals surface area contributed by atoms with E-state index in [-0.39, 0.29) is 0 Å². The molecule has 2 aromatic rings. The summed E-state index contributed by atoms with van der Waals surface area (Å²) in [7, 11) is -3.48. The maximum absolute atomic E-state index is 12.6. The van der Waals surface area contributed by atoms with Crippen LogP contribution in [0.3, 0.4) is 0 Å². The smallest absolute Gasteiger partial charge is 0.264 e. The van der Waals surface area contributed by atoms with Gasteiger partial charge in [-0.15, -0.1) is 0 Å². The maximum Gasteiger partial charge on any atom is 0.264 e. The van der Waals surface area contributed by atoms with Crippen LogP contribution < -0.4 is 4.31 Å². The summed E-state index contributed by atoms with van der Waals surface area (Å²) in [6.07, 6.45) is 0.765. The zero-order valence-electron chi connectivity index (χ0n) is 10.9. The minimum absolute atomic E-state index is 0.326. The van der Waals surface area contributed by atoms with Gasteiger partial charge in [-0.2, -0.15) is 0 Å². The molecule has 100 valence electrons. The molecule has 0 N–H and O–H groups in total. The Hall–Kier alpha value is -1.81. The van der Waals surface area contributed by atoms with E-state index in [1.165, 1.54) is 4.31 Å². The lowest BCUT2D eigenvalue weighted by Crippen LogP contribution is -2.31. The van der Waals surface area contributed by atoms with Gasteiger partial charge in [0.05, 0.1) is 10.6 Å². The molecule has 0 heterocycles. The first-order valence-corrected chi connectivity index (χ1v) is 7.73. The Kier molecular flexibility index (Phi) is 4.22. The SMILES string of the molecule is CCCN(c1ccccc1)S(=O)(=O)c1ccccc1. The van der Waals surface area contributed by atoms with Crippen molar-refractivity contribution >= 4 is 15.7 Å². The average molecular weight is 275 g/mol. The largest absolute Gasteiger partial charge is 0.266 e. The Labute approximate surface area is 114 Å². The molecule has 0 aliphatic carbocycles. The summed E-state index contributed by atoms with van der Waals surface area (Å²) < 4.78 is 26.8. The van der Waals surface area contributed by atoms with E-state index in [9.17, 15) is 8.42 Å². The summed E-state index contributed by atoms with van der Waals surface area (Å²) in [5.74, 6) is 0. The molecule has 0 saturated heterocycles. The summed E-state index contributed by atoms with van der Waals surface area (Å²) in [4.78, 5) is 0.326. The van der Waals surface area contributed by atoms with Gasteiger partial charge in [-0.25, -0.2) is 8.42 Å². The van der Waals surface area contributed by atoms with E-state index < -0.39 is 10.0 Å². The third kappa shape index (κ3) is 2.96. The third-order valence-corrected chi connectivity index (χ3v) is 4.64. The number of para-hydroxylation sites is 1. The molecule has 2 rings (SSSR count). The van der Waals surface area contributed by atoms with Crippen molar-refractivity contribution in [2.75, 3.05) is 10.8 Å². The zero-order valence-corrected chi connectivity index (χ0v) is 11.7. The topological polar surface area (TPSA) is 37.4 Å². The number of benzene rings is 2. The van der Waals surface area contributed by atoms with E-state index >= 15 is 0 Å². The summed E-state index contributed by atoms with van der Waals surface area (Å²) in [6, 6.07) is 17.7. The van der Waals surface area contributed by atoms with Crippen molar-refractivity contribution in [3.05, 3.63) is 60.7 Å². The van der Waals surface area contributed by atoms with Crippen LogP contribution in [0.15, 0.2) is 65.6 Å². The summed E-state index contributed by atoms with van der Waals surface area (Å²) in [6.45, 7) is 2.44. The van der Waals surface area contributed by atoms with Crippen LogP contribution in [0, 0.1) is 0 Å². The number of hydrogen-bond acceptors (Lipinski definition) is 2. The van der Waals surface area contributed by atoms with E-state index in [1.54, 1.807) is 24.3 Å². The van der Waals surface area contributed by atoms with Crippen LogP contribution in [-0.4, -0.2) is 15.0 Å². The highest BCUT2D eigenvalue weighted by Crippen LogP contribution is 2.23. The quantitative estimate of drug-likeness (QED) is 0.839. The van der Waals surface area contributed by atoms with Gasteiger partial charge < -0.3 is 0 Å². The summed E-state index contributed by atoms with van der Waals surface area (Å²) in [5.41, 5.74) is 0.702. The molecule has 0 amide bonds. The van der Waals surface area contributed by atoms with E-state index in [2.05, 4.69) is 0 Å². The minimum Gasteiger partial charge on any atom is -0.266 e. The van der Waals surface area contributed by atoms with E-state index in [4.69, 9.17) is 0 Å². The highest BCUT2D eigenvalue weighted by molar-refractivity contribution is 7.92. The number of anilines is 1. The van der Waals surface area contributed by atoms with Gasteiger partial charge >= 0.3 is 0 Å². The van der Waals surface area contributed by atoms with E-state index in [0.717, 1.165) is 6.42 Å². The Morgan fingerprint density at radius 3 is 1.95 bits per heavy atom. The second kappa shape index (κ2) is 5.89. The molecule has 0 saturated carbocycles. The van der Waals surface area contributed by atoms with Crippen LogP contribution in [0.4, 0.5) is 5.69 Å². The predicted molar refractivity (Wildman–Crippen MR) is 77.7 cm³/mol. The van der Waals surface area contributed by atoms with Gasteiger partial charge in [0, 0.05) is 6.54 Å². The first kappa shape index (κ1) is 13.6. The Bertz CT molecular complexity index is 609. The van der Waals surface area contributed by atoms with Crippen molar-refractivity contribution in [2.45, 2.75) is 18.2 Å². The van der Waals surface area contributed by atoms with Crippen molar-refractivity contribution in [2.24, 2.45) is 0 Å². The number of sulfonamides is 1. The second-order valence-electron chi connectivity index (χ2n) is 4.23. The summed E-state index contributed by atoms with van der Waals surface area (Å²) >= 11 is 0. The molecule has 0 atom stereocenters. The molecule has 19 heavy (non-hydrogen) atoms. The molecule has 0 aliphatic rings. The fourth-order valence-electron chi connectivity index (χ4n) is 1.91. The Balaban J connectivity index is 2.45. The van der Waals surface area contributed by atoms with Crippen molar-refractivity contribution in [3.8, 4) is 0 Å². The van der Waals surface area contributed by atoms with Crippen molar-refractivity contribution in [3.63, 3.8) is 0 Å². The fraction of sp³-hybridized carbons (Fsp3) is 0.200. The number of rotatable bonds is 5. The Morgan fingerprint density at radius 2 is 1.42 bits per heavy atom. The standard InChI is InChI=1S/C15H17NO2S/c1-2-13-16(14-9-5-3-6-10-14)19(17,18)15-11-7-4-8-12-15/h3-12H,2,13H2,1H3. The van der Waals surface area contributed by atoms with E-state index in [1.807, 2.05) is 43.3 Å². The molecular weight excluding hydrogens is 258 g/mol. The molecule has 0 unspecified atom stereocenters. The molecule has 0 fully saturated rings. The molecule has 0 spiro atoms. The molecule has 0 aliphatic heterocycles. The monoisotopic (exact) mass is 275 g/mol. The van der Waals surface area contributed by atoms with Crippen LogP contribution in [0.1, 0.15) is 13.3 Å². The van der Waals surface area contributed by atoms with Crippen molar-refractivity contribution in [1.82, 2.24) is 0 Å². The van der Waals surface area contributed by atoms with Gasteiger partial charge in [0.25, 0.3) is 10.0 Å². The van der Waals surface area contributed by atoms with Gasteiger partial charge in [-0.05, 0) is 30.7 Å². The molecule has 2 aromatic carbocycles. The normalized spacial score (nSPS) is 11.2. The van der Waals surface area contributed by atoms with Gasteiger partial charge in [-0.1, -0.05) is 43.3 Å². The molecule has 4 heteroatoms. The first-order chi connectivity index (χ1) is 9.16. The van der Waals surface area contributed by atoms with Crippen LogP contribution in [0.2, 0.25) is 0 Å². The van der Waals surface area contributed by atoms with Crippen molar-refractivity contribution in [1.29, 1.82) is 0 Å². The molecule has 0 bridgehead atoms. The molecule has 0 radical (unpaired) electrons. The van der Waals surface area contributed by atoms with E-state index in [0.29, 0.717) is 17.1 Å². The first-order valence-electron chi connectivity index (χ1n) is 6.29. The van der Waals surface area contributed by atoms with Crippen molar-refractivity contribution < 1.29 is 8.42 Å². The van der Waals surface area contributed by atoms with Gasteiger partial charge in [0.2, 0.25) is 0 Å². The van der Waals surface area contributed by atoms with Gasteiger partial charge in [-0.3, -0.25) is 4.31 Å². The number of nitrogens with zero attached hydrogens (tertiary/aromatic N) is 1. The molecular formula is C15H17NO2S. The Morgan fingerprint density at radius 1 is 0.895 bits per heavy atom. The summed E-state index contributed by atoms with van der Waals surface area (Å²) in [5, 5.41) is 0. The van der Waals surface area contributed by atoms with Crippen LogP contribution in [0.5, 0.6) is 0 Å². The lowest BCUT2D eigenvalue weighted by atomic mass is 10.3. The highest BCUT2D eigenvalue weighted by atomic mass is 32.2.